The SMILES string of the molecule is COc1ccccc1OCCOc1ccc(Cl)cc1/C=N\NC(=O)c1cccc(Cl)c1. The van der Waals surface area contributed by atoms with Crippen molar-refractivity contribution in [2.24, 2.45) is 5.10 Å². The summed E-state index contributed by atoms with van der Waals surface area (Å²) >= 11 is 12.0. The zero-order valence-electron chi connectivity index (χ0n) is 16.7. The molecule has 3 rings (SSSR count). The fourth-order valence-corrected chi connectivity index (χ4v) is 3.02. The van der Waals surface area contributed by atoms with E-state index < -0.39 is 0 Å². The van der Waals surface area contributed by atoms with Gasteiger partial charge in [-0.2, -0.15) is 5.10 Å². The van der Waals surface area contributed by atoms with Gasteiger partial charge in [-0.15, -0.1) is 0 Å². The average molecular weight is 459 g/mol. The molecule has 0 saturated heterocycles. The number of carbonyl (C=O) groups excluding carboxylic acids is 1. The van der Waals surface area contributed by atoms with Crippen LogP contribution in [0.15, 0.2) is 71.8 Å². The van der Waals surface area contributed by atoms with Gasteiger partial charge >= 0.3 is 0 Å². The quantitative estimate of drug-likeness (QED) is 0.271. The Balaban J connectivity index is 1.58. The van der Waals surface area contributed by atoms with E-state index in [1.165, 1.54) is 6.21 Å². The summed E-state index contributed by atoms with van der Waals surface area (Å²) in [5.41, 5.74) is 3.47. The highest BCUT2D eigenvalue weighted by Crippen LogP contribution is 2.26. The number of ether oxygens (including phenoxy) is 3. The summed E-state index contributed by atoms with van der Waals surface area (Å²) in [7, 11) is 1.59. The number of nitrogens with one attached hydrogen (secondary N) is 1. The second kappa shape index (κ2) is 11.2. The molecule has 0 bridgehead atoms. The molecule has 31 heavy (non-hydrogen) atoms. The predicted molar refractivity (Wildman–Crippen MR) is 122 cm³/mol. The van der Waals surface area contributed by atoms with Crippen LogP contribution in [0.2, 0.25) is 10.0 Å². The minimum atomic E-state index is -0.381. The maximum atomic E-state index is 12.2. The molecule has 1 amide bonds. The Hall–Kier alpha value is -3.22. The van der Waals surface area contributed by atoms with E-state index in [9.17, 15) is 4.79 Å². The summed E-state index contributed by atoms with van der Waals surface area (Å²) in [6.45, 7) is 0.598. The third kappa shape index (κ3) is 6.64. The topological polar surface area (TPSA) is 69.2 Å². The van der Waals surface area contributed by atoms with Crippen LogP contribution in [-0.2, 0) is 0 Å². The van der Waals surface area contributed by atoms with Crippen LogP contribution in [0.1, 0.15) is 15.9 Å². The molecular formula is C23H20Cl2N2O4. The number of methoxy groups -OCH3 is 1. The van der Waals surface area contributed by atoms with Crippen molar-refractivity contribution in [1.82, 2.24) is 5.43 Å². The number of halogens is 2. The van der Waals surface area contributed by atoms with E-state index in [0.717, 1.165) is 0 Å². The van der Waals surface area contributed by atoms with Gasteiger partial charge in [0, 0.05) is 21.2 Å². The molecule has 1 N–H and O–H groups in total. The van der Waals surface area contributed by atoms with Crippen LogP contribution in [0, 0.1) is 0 Å². The van der Waals surface area contributed by atoms with Gasteiger partial charge in [-0.3, -0.25) is 4.79 Å². The summed E-state index contributed by atoms with van der Waals surface area (Å²) in [6.07, 6.45) is 1.46. The number of para-hydroxylation sites is 2. The maximum absolute atomic E-state index is 12.2. The van der Waals surface area contributed by atoms with Crippen LogP contribution < -0.4 is 19.6 Å². The molecule has 3 aromatic carbocycles. The lowest BCUT2D eigenvalue weighted by molar-refractivity contribution is 0.0955. The minimum Gasteiger partial charge on any atom is -0.493 e. The Labute approximate surface area is 190 Å². The predicted octanol–water partition coefficient (Wildman–Crippen LogP) is 5.22. The molecule has 0 aliphatic rings. The molecule has 0 saturated carbocycles. The van der Waals surface area contributed by atoms with Crippen molar-refractivity contribution in [1.29, 1.82) is 0 Å². The molecule has 3 aromatic rings. The van der Waals surface area contributed by atoms with Gasteiger partial charge in [0.15, 0.2) is 11.5 Å². The van der Waals surface area contributed by atoms with Crippen molar-refractivity contribution in [2.75, 3.05) is 20.3 Å². The molecule has 0 aliphatic carbocycles. The van der Waals surface area contributed by atoms with Crippen LogP contribution in [0.5, 0.6) is 17.2 Å². The highest BCUT2D eigenvalue weighted by Gasteiger charge is 2.07. The third-order valence-electron chi connectivity index (χ3n) is 4.10. The summed E-state index contributed by atoms with van der Waals surface area (Å²) in [4.78, 5) is 12.2. The van der Waals surface area contributed by atoms with Crippen LogP contribution in [0.25, 0.3) is 0 Å². The fraction of sp³-hybridized carbons (Fsp3) is 0.130. The first-order valence-electron chi connectivity index (χ1n) is 9.34. The van der Waals surface area contributed by atoms with Gasteiger partial charge in [0.2, 0.25) is 0 Å². The Bertz CT molecular complexity index is 1070. The standard InChI is InChI=1S/C23H20Cl2N2O4/c1-29-21-7-2-3-8-22(21)31-12-11-30-20-10-9-19(25)14-17(20)15-26-27-23(28)16-5-4-6-18(24)13-16/h2-10,13-15H,11-12H2,1H3,(H,27,28)/b26-15-. The van der Waals surface area contributed by atoms with Crippen molar-refractivity contribution >= 4 is 35.3 Å². The van der Waals surface area contributed by atoms with Crippen LogP contribution in [-0.4, -0.2) is 32.4 Å². The Morgan fingerprint density at radius 2 is 1.61 bits per heavy atom. The van der Waals surface area contributed by atoms with Gasteiger partial charge < -0.3 is 14.2 Å². The lowest BCUT2D eigenvalue weighted by atomic mass is 10.2. The van der Waals surface area contributed by atoms with E-state index in [4.69, 9.17) is 37.4 Å². The van der Waals surface area contributed by atoms with Crippen LogP contribution >= 0.6 is 23.2 Å². The zero-order valence-corrected chi connectivity index (χ0v) is 18.2. The number of hydrogen-bond acceptors (Lipinski definition) is 5. The molecule has 0 spiro atoms. The Kier molecular flexibility index (Phi) is 8.15. The molecule has 0 radical (unpaired) electrons. The number of nitrogens with zero attached hydrogens (tertiary/aromatic N) is 1. The number of rotatable bonds is 9. The van der Waals surface area contributed by atoms with E-state index in [-0.39, 0.29) is 12.5 Å². The smallest absolute Gasteiger partial charge is 0.271 e. The second-order valence-corrected chi connectivity index (χ2v) is 7.11. The molecule has 0 atom stereocenters. The van der Waals surface area contributed by atoms with Gasteiger partial charge in [-0.05, 0) is 48.5 Å². The number of benzene rings is 3. The van der Waals surface area contributed by atoms with Gasteiger partial charge in [-0.25, -0.2) is 5.43 Å². The molecular weight excluding hydrogens is 439 g/mol. The monoisotopic (exact) mass is 458 g/mol. The first-order chi connectivity index (χ1) is 15.1. The van der Waals surface area contributed by atoms with Crippen molar-refractivity contribution in [2.45, 2.75) is 0 Å². The summed E-state index contributed by atoms with van der Waals surface area (Å²) in [5, 5.41) is 4.98. The largest absolute Gasteiger partial charge is 0.493 e. The Morgan fingerprint density at radius 1 is 0.903 bits per heavy atom. The summed E-state index contributed by atoms with van der Waals surface area (Å²) in [6, 6.07) is 19.1. The third-order valence-corrected chi connectivity index (χ3v) is 4.57. The lowest BCUT2D eigenvalue weighted by Gasteiger charge is -2.12. The van der Waals surface area contributed by atoms with Gasteiger partial charge in [-0.1, -0.05) is 41.4 Å². The van der Waals surface area contributed by atoms with E-state index in [0.29, 0.717) is 45.0 Å². The molecule has 0 aromatic heterocycles. The van der Waals surface area contributed by atoms with E-state index in [1.807, 2.05) is 24.3 Å². The van der Waals surface area contributed by atoms with Crippen LogP contribution in [0.3, 0.4) is 0 Å². The highest BCUT2D eigenvalue weighted by molar-refractivity contribution is 6.31. The van der Waals surface area contributed by atoms with E-state index >= 15 is 0 Å². The normalized spacial score (nSPS) is 10.7. The first-order valence-corrected chi connectivity index (χ1v) is 10.1. The number of hydrazone groups is 1. The van der Waals surface area contributed by atoms with Gasteiger partial charge in [0.05, 0.1) is 13.3 Å². The van der Waals surface area contributed by atoms with E-state index in [1.54, 1.807) is 49.6 Å². The highest BCUT2D eigenvalue weighted by atomic mass is 35.5. The maximum Gasteiger partial charge on any atom is 0.271 e. The molecule has 0 fully saturated rings. The fourth-order valence-electron chi connectivity index (χ4n) is 2.65. The molecule has 0 aliphatic heterocycles. The van der Waals surface area contributed by atoms with Crippen molar-refractivity contribution in [3.05, 3.63) is 87.9 Å². The summed E-state index contributed by atoms with van der Waals surface area (Å²) in [5.74, 6) is 1.45. The average Bonchev–Trinajstić information content (AvgIpc) is 2.78. The molecule has 6 nitrogen and oxygen atoms in total. The van der Waals surface area contributed by atoms with Gasteiger partial charge in [0.1, 0.15) is 19.0 Å². The second-order valence-electron chi connectivity index (χ2n) is 6.24. The van der Waals surface area contributed by atoms with Gasteiger partial charge in [0.25, 0.3) is 5.91 Å². The first kappa shape index (κ1) is 22.5. The lowest BCUT2D eigenvalue weighted by Crippen LogP contribution is -2.17. The van der Waals surface area contributed by atoms with Crippen molar-refractivity contribution in [3.8, 4) is 17.2 Å². The molecule has 8 heteroatoms. The van der Waals surface area contributed by atoms with Crippen molar-refractivity contribution in [3.63, 3.8) is 0 Å². The zero-order chi connectivity index (χ0) is 22.1. The number of hydrogen-bond donors (Lipinski definition) is 1. The molecule has 0 unspecified atom stereocenters. The molecule has 160 valence electrons. The summed E-state index contributed by atoms with van der Waals surface area (Å²) < 4.78 is 16.8. The number of amides is 1. The van der Waals surface area contributed by atoms with E-state index in [2.05, 4.69) is 10.5 Å². The number of carbonyl (C=O) groups is 1. The molecule has 0 heterocycles. The minimum absolute atomic E-state index is 0.287. The van der Waals surface area contributed by atoms with Crippen molar-refractivity contribution < 1.29 is 19.0 Å². The Morgan fingerprint density at radius 3 is 2.35 bits per heavy atom. The van der Waals surface area contributed by atoms with Crippen LogP contribution in [0.4, 0.5) is 0 Å².